The summed E-state index contributed by atoms with van der Waals surface area (Å²) in [4.78, 5) is 3.27. The van der Waals surface area contributed by atoms with E-state index in [2.05, 4.69) is 9.96 Å². The van der Waals surface area contributed by atoms with Crippen molar-refractivity contribution in [1.29, 1.82) is 0 Å². The molecule has 0 unspecified atom stereocenters. The molecule has 0 heterocycles. The van der Waals surface area contributed by atoms with E-state index < -0.39 is 0 Å². The van der Waals surface area contributed by atoms with Gasteiger partial charge in [0.05, 0.1) is 6.57 Å². The van der Waals surface area contributed by atoms with E-state index in [1.165, 1.54) is 0 Å². The van der Waals surface area contributed by atoms with Crippen molar-refractivity contribution in [1.82, 2.24) is 0 Å². The summed E-state index contributed by atoms with van der Waals surface area (Å²) >= 11 is 0. The molecule has 0 aliphatic carbocycles. The highest BCUT2D eigenvalue weighted by Gasteiger charge is 1.98. The van der Waals surface area contributed by atoms with E-state index in [1.807, 2.05) is 6.92 Å². The highest BCUT2D eigenvalue weighted by atomic mass is 15.0. The lowest BCUT2D eigenvalue weighted by Gasteiger charge is -1.94. The molecule has 54 valence electrons. The van der Waals surface area contributed by atoms with Gasteiger partial charge < -0.3 is 0 Å². The van der Waals surface area contributed by atoms with Crippen LogP contribution >= 0.6 is 0 Å². The van der Waals surface area contributed by atoms with Gasteiger partial charge in [-0.1, -0.05) is 12.1 Å². The predicted molar refractivity (Wildman–Crippen MR) is 41.5 cm³/mol. The van der Waals surface area contributed by atoms with E-state index in [-0.39, 0.29) is 0 Å². The number of nitrogens with zero attached hydrogens (tertiary/aromatic N) is 2. The Morgan fingerprint density at radius 1 is 1.55 bits per heavy atom. The van der Waals surface area contributed by atoms with Crippen LogP contribution in [0.25, 0.3) is 4.85 Å². The quantitative estimate of drug-likeness (QED) is 0.459. The van der Waals surface area contributed by atoms with Crippen LogP contribution in [0.5, 0.6) is 0 Å². The van der Waals surface area contributed by atoms with E-state index in [9.17, 15) is 0 Å². The zero-order valence-electron chi connectivity index (χ0n) is 6.20. The van der Waals surface area contributed by atoms with Crippen LogP contribution in [0.1, 0.15) is 5.56 Å². The molecule has 2 N–H and O–H groups in total. The third-order valence-electron chi connectivity index (χ3n) is 1.45. The summed E-state index contributed by atoms with van der Waals surface area (Å²) in [6.45, 7) is 8.61. The van der Waals surface area contributed by atoms with Crippen molar-refractivity contribution in [3.63, 3.8) is 0 Å². The second kappa shape index (κ2) is 2.93. The van der Waals surface area contributed by atoms with E-state index in [4.69, 9.17) is 12.1 Å². The fraction of sp³-hybridized carbons (Fsp3) is 0.125. The molecule has 0 atom stereocenters. The summed E-state index contributed by atoms with van der Waals surface area (Å²) in [5, 5.41) is 3.54. The molecule has 0 aliphatic heterocycles. The number of aryl methyl sites for hydroxylation is 1. The number of nitrogens with two attached hydrogens (primary N) is 1. The Morgan fingerprint density at radius 3 is 2.73 bits per heavy atom. The lowest BCUT2D eigenvalue weighted by molar-refractivity contribution is -0.210. The molecule has 0 aromatic heterocycles. The lowest BCUT2D eigenvalue weighted by atomic mass is 10.2. The van der Waals surface area contributed by atoms with Crippen molar-refractivity contribution in [3.05, 3.63) is 35.2 Å². The zero-order valence-corrected chi connectivity index (χ0v) is 6.20. The number of rotatable bonds is 1. The predicted octanol–water partition coefficient (Wildman–Crippen LogP) is 1.39. The third-order valence-corrected chi connectivity index (χ3v) is 1.45. The van der Waals surface area contributed by atoms with Crippen molar-refractivity contribution in [2.75, 3.05) is 0 Å². The topological polar surface area (TPSA) is 42.3 Å². The highest BCUT2D eigenvalue weighted by molar-refractivity contribution is 5.56. The Morgan fingerprint density at radius 2 is 2.27 bits per heavy atom. The van der Waals surface area contributed by atoms with Crippen molar-refractivity contribution in [2.24, 2.45) is 5.11 Å². The number of hydrogen-bond acceptors (Lipinski definition) is 1. The Bertz CT molecular complexity index is 323. The van der Waals surface area contributed by atoms with E-state index in [0.29, 0.717) is 5.69 Å². The first-order chi connectivity index (χ1) is 5.27. The lowest BCUT2D eigenvalue weighted by Crippen LogP contribution is -2.22. The van der Waals surface area contributed by atoms with Gasteiger partial charge in [0.15, 0.2) is 5.69 Å². The average molecular weight is 146 g/mol. The molecule has 3 heteroatoms. The van der Waals surface area contributed by atoms with Crippen molar-refractivity contribution < 1.29 is 5.53 Å². The summed E-state index contributed by atoms with van der Waals surface area (Å²) in [5.74, 6) is 0. The van der Waals surface area contributed by atoms with Crippen LogP contribution in [-0.4, -0.2) is 0 Å². The van der Waals surface area contributed by atoms with Gasteiger partial charge >= 0.3 is 0 Å². The average Bonchev–Trinajstić information content (AvgIpc) is 2.04. The molecule has 0 amide bonds. The molecule has 1 rings (SSSR count). The third kappa shape index (κ3) is 1.41. The molecule has 11 heavy (non-hydrogen) atoms. The standard InChI is InChI=1S/C8H7N3/c1-6-5-7(10-2)3-4-8(6)11-9/h3-5,9H,1H3/p+1. The Kier molecular flexibility index (Phi) is 1.98. The zero-order chi connectivity index (χ0) is 8.27. The van der Waals surface area contributed by atoms with Crippen LogP contribution in [0.2, 0.25) is 0 Å². The summed E-state index contributed by atoms with van der Waals surface area (Å²) in [7, 11) is 0. The maximum absolute atomic E-state index is 6.73. The van der Waals surface area contributed by atoms with Crippen molar-refractivity contribution in [2.45, 2.75) is 6.92 Å². The fourth-order valence-electron chi connectivity index (χ4n) is 0.854. The maximum Gasteiger partial charge on any atom is 0.187 e. The Balaban J connectivity index is 3.22. The Hall–Kier alpha value is -1.69. The summed E-state index contributed by atoms with van der Waals surface area (Å²) in [6.07, 6.45) is 0. The largest absolute Gasteiger partial charge is 0.238 e. The van der Waals surface area contributed by atoms with E-state index >= 15 is 0 Å². The van der Waals surface area contributed by atoms with Crippen LogP contribution < -0.4 is 5.53 Å². The number of benzene rings is 1. The minimum atomic E-state index is 0.620. The smallest absolute Gasteiger partial charge is 0.187 e. The van der Waals surface area contributed by atoms with E-state index in [0.717, 1.165) is 11.3 Å². The van der Waals surface area contributed by atoms with Gasteiger partial charge in [-0.3, -0.25) is 0 Å². The molecular weight excluding hydrogens is 138 g/mol. The monoisotopic (exact) mass is 146 g/mol. The minimum Gasteiger partial charge on any atom is -0.238 e. The van der Waals surface area contributed by atoms with Gasteiger partial charge in [0, 0.05) is 0 Å². The fourth-order valence-corrected chi connectivity index (χ4v) is 0.854. The molecule has 0 saturated heterocycles. The first-order valence-corrected chi connectivity index (χ1v) is 3.17. The summed E-state index contributed by atoms with van der Waals surface area (Å²) in [6, 6.07) is 5.20. The van der Waals surface area contributed by atoms with Crippen molar-refractivity contribution in [3.8, 4) is 0 Å². The van der Waals surface area contributed by atoms with Crippen LogP contribution in [0.15, 0.2) is 23.3 Å². The molecule has 1 aromatic carbocycles. The SMILES string of the molecule is [C-]#[N+]c1ccc(N=[NH2+])c(C)c1. The molecule has 0 bridgehead atoms. The van der Waals surface area contributed by atoms with E-state index in [1.54, 1.807) is 18.2 Å². The first kappa shape index (κ1) is 7.42. The molecular formula is C8H8N3+. The molecule has 0 saturated carbocycles. The minimum absolute atomic E-state index is 0.620. The normalized spacial score (nSPS) is 8.73. The summed E-state index contributed by atoms with van der Waals surface area (Å²) in [5.41, 5.74) is 7.38. The first-order valence-electron chi connectivity index (χ1n) is 3.17. The van der Waals surface area contributed by atoms with Gasteiger partial charge in [0.1, 0.15) is 5.69 Å². The highest BCUT2D eigenvalue weighted by Crippen LogP contribution is 2.22. The van der Waals surface area contributed by atoms with Crippen LogP contribution in [0.3, 0.4) is 0 Å². The van der Waals surface area contributed by atoms with Crippen LogP contribution in [0.4, 0.5) is 11.4 Å². The molecule has 1 aromatic rings. The second-order valence-electron chi connectivity index (χ2n) is 2.21. The maximum atomic E-state index is 6.73. The second-order valence-corrected chi connectivity index (χ2v) is 2.21. The van der Waals surface area contributed by atoms with Crippen LogP contribution in [0, 0.1) is 13.5 Å². The van der Waals surface area contributed by atoms with Gasteiger partial charge in [0.2, 0.25) is 0 Å². The molecule has 0 aliphatic rings. The van der Waals surface area contributed by atoms with Gasteiger partial charge in [0.25, 0.3) is 0 Å². The molecule has 0 spiro atoms. The summed E-state index contributed by atoms with van der Waals surface area (Å²) < 4.78 is 0. The Labute approximate surface area is 65.0 Å². The van der Waals surface area contributed by atoms with Gasteiger partial charge in [-0.15, -0.1) is 0 Å². The van der Waals surface area contributed by atoms with Gasteiger partial charge in [-0.25, -0.2) is 4.85 Å². The molecule has 3 nitrogen and oxygen atoms in total. The van der Waals surface area contributed by atoms with Crippen molar-refractivity contribution >= 4 is 11.4 Å². The van der Waals surface area contributed by atoms with Gasteiger partial charge in [-0.05, 0) is 23.7 Å². The van der Waals surface area contributed by atoms with Gasteiger partial charge in [-0.2, -0.15) is 5.53 Å². The molecule has 0 radical (unpaired) electrons. The van der Waals surface area contributed by atoms with Crippen LogP contribution in [-0.2, 0) is 0 Å². The molecule has 0 fully saturated rings. The number of hydrogen-bond donors (Lipinski definition) is 1.